The molecule has 0 spiro atoms. The van der Waals surface area contributed by atoms with Crippen LogP contribution in [0.3, 0.4) is 0 Å². The normalized spacial score (nSPS) is 10.3. The third-order valence-electron chi connectivity index (χ3n) is 3.99. The molecular formula is C21H16ClN3O2S. The predicted molar refractivity (Wildman–Crippen MR) is 111 cm³/mol. The van der Waals surface area contributed by atoms with E-state index >= 15 is 0 Å². The van der Waals surface area contributed by atoms with Crippen molar-refractivity contribution in [3.8, 4) is 34.2 Å². The quantitative estimate of drug-likeness (QED) is 0.604. The van der Waals surface area contributed by atoms with E-state index in [1.54, 1.807) is 19.2 Å². The highest BCUT2D eigenvalue weighted by molar-refractivity contribution is 8.00. The van der Waals surface area contributed by atoms with Gasteiger partial charge in [0.1, 0.15) is 16.8 Å². The van der Waals surface area contributed by atoms with Crippen molar-refractivity contribution in [2.24, 2.45) is 5.73 Å². The lowest BCUT2D eigenvalue weighted by molar-refractivity contribution is -0.115. The van der Waals surface area contributed by atoms with Crippen LogP contribution in [0.15, 0.2) is 59.6 Å². The number of halogens is 1. The first-order chi connectivity index (χ1) is 13.5. The van der Waals surface area contributed by atoms with E-state index in [1.165, 1.54) is 0 Å². The number of hydrogen-bond acceptors (Lipinski definition) is 5. The summed E-state index contributed by atoms with van der Waals surface area (Å²) in [7, 11) is 1.60. The van der Waals surface area contributed by atoms with Gasteiger partial charge in [0.2, 0.25) is 5.91 Å². The second-order valence-electron chi connectivity index (χ2n) is 5.84. The number of nitrogens with zero attached hydrogens (tertiary/aromatic N) is 2. The molecule has 1 aromatic heterocycles. The Morgan fingerprint density at radius 3 is 2.39 bits per heavy atom. The van der Waals surface area contributed by atoms with Gasteiger partial charge in [-0.2, -0.15) is 5.26 Å². The first kappa shape index (κ1) is 19.7. The van der Waals surface area contributed by atoms with Gasteiger partial charge in [0.15, 0.2) is 0 Å². The third kappa shape index (κ3) is 4.45. The summed E-state index contributed by atoms with van der Waals surface area (Å²) in [5, 5.41) is 10.8. The van der Waals surface area contributed by atoms with Gasteiger partial charge in [-0.05, 0) is 48.0 Å². The summed E-state index contributed by atoms with van der Waals surface area (Å²) in [6, 6.07) is 18.8. The molecule has 0 saturated heterocycles. The van der Waals surface area contributed by atoms with Gasteiger partial charge in [-0.1, -0.05) is 35.5 Å². The molecule has 3 rings (SSSR count). The number of nitrogens with two attached hydrogens (primary N) is 1. The molecule has 28 heavy (non-hydrogen) atoms. The molecule has 0 unspecified atom stereocenters. The molecule has 2 aromatic carbocycles. The molecule has 5 nitrogen and oxygen atoms in total. The molecule has 140 valence electrons. The predicted octanol–water partition coefficient (Wildman–Crippen LogP) is 4.53. The maximum Gasteiger partial charge on any atom is 0.227 e. The lowest BCUT2D eigenvalue weighted by Crippen LogP contribution is -2.13. The van der Waals surface area contributed by atoms with Crippen molar-refractivity contribution < 1.29 is 9.53 Å². The highest BCUT2D eigenvalue weighted by Crippen LogP contribution is 2.35. The van der Waals surface area contributed by atoms with E-state index in [4.69, 9.17) is 22.1 Å². The number of primary amides is 1. The molecule has 0 radical (unpaired) electrons. The van der Waals surface area contributed by atoms with Gasteiger partial charge in [0, 0.05) is 16.1 Å². The second kappa shape index (κ2) is 8.79. The summed E-state index contributed by atoms with van der Waals surface area (Å²) in [6.45, 7) is 0. The number of carbonyl (C=O) groups excluding carboxylic acids is 1. The van der Waals surface area contributed by atoms with Crippen LogP contribution in [0.25, 0.3) is 22.4 Å². The summed E-state index contributed by atoms with van der Waals surface area (Å²) >= 11 is 7.15. The SMILES string of the molecule is COc1ccc(-c2cc(-c3ccc(Cl)cc3)c(C#N)c(SCC(N)=O)n2)cc1. The number of carbonyl (C=O) groups is 1. The summed E-state index contributed by atoms with van der Waals surface area (Å²) in [5.74, 6) is 0.297. The van der Waals surface area contributed by atoms with Crippen LogP contribution in [0.2, 0.25) is 5.02 Å². The van der Waals surface area contributed by atoms with Crippen LogP contribution < -0.4 is 10.5 Å². The zero-order valence-electron chi connectivity index (χ0n) is 15.0. The maximum atomic E-state index is 11.3. The number of nitriles is 1. The van der Waals surface area contributed by atoms with Gasteiger partial charge in [0.25, 0.3) is 0 Å². The smallest absolute Gasteiger partial charge is 0.227 e. The van der Waals surface area contributed by atoms with Crippen molar-refractivity contribution >= 4 is 29.3 Å². The van der Waals surface area contributed by atoms with Gasteiger partial charge >= 0.3 is 0 Å². The Morgan fingerprint density at radius 2 is 1.82 bits per heavy atom. The van der Waals surface area contributed by atoms with Gasteiger partial charge in [-0.3, -0.25) is 4.79 Å². The summed E-state index contributed by atoms with van der Waals surface area (Å²) in [5.41, 5.74) is 8.76. The van der Waals surface area contributed by atoms with Crippen molar-refractivity contribution in [3.63, 3.8) is 0 Å². The zero-order chi connectivity index (χ0) is 20.1. The Kier molecular flexibility index (Phi) is 6.19. The summed E-state index contributed by atoms with van der Waals surface area (Å²) in [4.78, 5) is 15.9. The Morgan fingerprint density at radius 1 is 1.18 bits per heavy atom. The number of thioether (sulfide) groups is 1. The van der Waals surface area contributed by atoms with Crippen LogP contribution in [0.1, 0.15) is 5.56 Å². The van der Waals surface area contributed by atoms with Crippen molar-refractivity contribution in [3.05, 3.63) is 65.2 Å². The first-order valence-electron chi connectivity index (χ1n) is 8.28. The molecular weight excluding hydrogens is 394 g/mol. The topological polar surface area (TPSA) is 89.0 Å². The first-order valence-corrected chi connectivity index (χ1v) is 9.64. The molecule has 0 saturated carbocycles. The molecule has 0 aliphatic carbocycles. The van der Waals surface area contributed by atoms with E-state index < -0.39 is 5.91 Å². The van der Waals surface area contributed by atoms with E-state index in [-0.39, 0.29) is 5.75 Å². The summed E-state index contributed by atoms with van der Waals surface area (Å²) in [6.07, 6.45) is 0. The molecule has 0 bridgehead atoms. The highest BCUT2D eigenvalue weighted by atomic mass is 35.5. The van der Waals surface area contributed by atoms with Crippen molar-refractivity contribution in [1.82, 2.24) is 4.98 Å². The molecule has 0 aliphatic rings. The molecule has 0 atom stereocenters. The van der Waals surface area contributed by atoms with Crippen molar-refractivity contribution in [2.45, 2.75) is 5.03 Å². The van der Waals surface area contributed by atoms with Gasteiger partial charge in [0.05, 0.1) is 24.1 Å². The van der Waals surface area contributed by atoms with Crippen LogP contribution in [-0.2, 0) is 4.79 Å². The molecule has 1 amide bonds. The second-order valence-corrected chi connectivity index (χ2v) is 7.24. The van der Waals surface area contributed by atoms with Crippen LogP contribution in [0.4, 0.5) is 0 Å². The molecule has 1 heterocycles. The number of pyridine rings is 1. The van der Waals surface area contributed by atoms with E-state index in [9.17, 15) is 10.1 Å². The maximum absolute atomic E-state index is 11.3. The zero-order valence-corrected chi connectivity index (χ0v) is 16.6. The minimum Gasteiger partial charge on any atom is -0.497 e. The molecule has 2 N–H and O–H groups in total. The highest BCUT2D eigenvalue weighted by Gasteiger charge is 2.16. The monoisotopic (exact) mass is 409 g/mol. The number of ether oxygens (including phenoxy) is 1. The lowest BCUT2D eigenvalue weighted by atomic mass is 9.99. The average molecular weight is 410 g/mol. The van der Waals surface area contributed by atoms with Crippen molar-refractivity contribution in [2.75, 3.05) is 12.9 Å². The van der Waals surface area contributed by atoms with Gasteiger partial charge in [-0.15, -0.1) is 0 Å². The number of amides is 1. The molecule has 0 aliphatic heterocycles. The van der Waals surface area contributed by atoms with Crippen LogP contribution in [0, 0.1) is 11.3 Å². The van der Waals surface area contributed by atoms with Gasteiger partial charge in [-0.25, -0.2) is 4.98 Å². The van der Waals surface area contributed by atoms with Gasteiger partial charge < -0.3 is 10.5 Å². The largest absolute Gasteiger partial charge is 0.497 e. The lowest BCUT2D eigenvalue weighted by Gasteiger charge is -2.12. The molecule has 0 fully saturated rings. The Labute approximate surface area is 172 Å². The Hall–Kier alpha value is -3.01. The number of aromatic nitrogens is 1. The van der Waals surface area contributed by atoms with Crippen LogP contribution >= 0.6 is 23.4 Å². The Balaban J connectivity index is 2.17. The Bertz CT molecular complexity index is 1040. The van der Waals surface area contributed by atoms with E-state index in [0.717, 1.165) is 28.6 Å². The minimum atomic E-state index is -0.474. The fraction of sp³-hybridized carbons (Fsp3) is 0.0952. The van der Waals surface area contributed by atoms with Crippen LogP contribution in [0.5, 0.6) is 5.75 Å². The standard InChI is InChI=1S/C21H16ClN3O2S/c1-27-16-8-4-14(5-9-16)19-10-17(13-2-6-15(22)7-3-13)18(11-23)21(25-19)28-12-20(24)26/h2-10H,12H2,1H3,(H2,24,26). The van der Waals surface area contributed by atoms with Crippen molar-refractivity contribution in [1.29, 1.82) is 5.26 Å². The number of benzene rings is 2. The minimum absolute atomic E-state index is 0.0355. The third-order valence-corrected chi connectivity index (χ3v) is 5.24. The average Bonchev–Trinajstić information content (AvgIpc) is 2.72. The van der Waals surface area contributed by atoms with E-state index in [2.05, 4.69) is 11.1 Å². The summed E-state index contributed by atoms with van der Waals surface area (Å²) < 4.78 is 5.20. The fourth-order valence-corrected chi connectivity index (χ4v) is 3.51. The number of rotatable bonds is 6. The fourth-order valence-electron chi connectivity index (χ4n) is 2.64. The van der Waals surface area contributed by atoms with E-state index in [1.807, 2.05) is 42.5 Å². The number of methoxy groups -OCH3 is 1. The van der Waals surface area contributed by atoms with E-state index in [0.29, 0.717) is 26.9 Å². The molecule has 7 heteroatoms. The number of hydrogen-bond donors (Lipinski definition) is 1. The molecule has 3 aromatic rings. The van der Waals surface area contributed by atoms with Crippen LogP contribution in [-0.4, -0.2) is 23.8 Å².